The lowest BCUT2D eigenvalue weighted by Gasteiger charge is -2.07. The Hall–Kier alpha value is -1.61. The van der Waals surface area contributed by atoms with Crippen LogP contribution in [0.3, 0.4) is 0 Å². The minimum absolute atomic E-state index is 0.0728. The summed E-state index contributed by atoms with van der Waals surface area (Å²) >= 11 is 0. The highest BCUT2D eigenvalue weighted by atomic mass is 16.5. The van der Waals surface area contributed by atoms with Crippen LogP contribution in [-0.2, 0) is 0 Å². The van der Waals surface area contributed by atoms with Gasteiger partial charge in [0.05, 0.1) is 12.2 Å². The van der Waals surface area contributed by atoms with Gasteiger partial charge in [0.25, 0.3) is 0 Å². The van der Waals surface area contributed by atoms with Crippen molar-refractivity contribution in [3.8, 4) is 5.75 Å². The average molecular weight is 192 g/mol. The second-order valence-corrected chi connectivity index (χ2v) is 2.64. The lowest BCUT2D eigenvalue weighted by Crippen LogP contribution is -2.05. The van der Waals surface area contributed by atoms with Crippen LogP contribution in [0.15, 0.2) is 36.9 Å². The van der Waals surface area contributed by atoms with Gasteiger partial charge in [0, 0.05) is 0 Å². The first-order valence-corrected chi connectivity index (χ1v) is 4.29. The monoisotopic (exact) mass is 192 g/mol. The van der Waals surface area contributed by atoms with Crippen LogP contribution in [-0.4, -0.2) is 24.1 Å². The van der Waals surface area contributed by atoms with Gasteiger partial charge in [-0.2, -0.15) is 0 Å². The van der Waals surface area contributed by atoms with Crippen LogP contribution in [0.5, 0.6) is 5.75 Å². The smallest absolute Gasteiger partial charge is 0.188 e. The van der Waals surface area contributed by atoms with E-state index in [4.69, 9.17) is 9.84 Å². The fraction of sp³-hybridized carbons (Fsp3) is 0.182. The van der Waals surface area contributed by atoms with Crippen molar-refractivity contribution in [1.82, 2.24) is 0 Å². The highest BCUT2D eigenvalue weighted by Gasteiger charge is 2.07. The highest BCUT2D eigenvalue weighted by Crippen LogP contribution is 2.18. The second-order valence-electron chi connectivity index (χ2n) is 2.64. The molecular weight excluding hydrogens is 180 g/mol. The van der Waals surface area contributed by atoms with Gasteiger partial charge >= 0.3 is 0 Å². The molecule has 0 saturated carbocycles. The Morgan fingerprint density at radius 1 is 1.50 bits per heavy atom. The van der Waals surface area contributed by atoms with Crippen LogP contribution >= 0.6 is 0 Å². The summed E-state index contributed by atoms with van der Waals surface area (Å²) in [6, 6.07) is 6.87. The molecule has 1 aromatic carbocycles. The van der Waals surface area contributed by atoms with Crippen LogP contribution in [0.2, 0.25) is 0 Å². The number of rotatable bonds is 5. The normalized spacial score (nSPS) is 9.50. The number of hydrogen-bond donors (Lipinski definition) is 1. The molecule has 0 atom stereocenters. The molecule has 0 fully saturated rings. The molecule has 0 spiro atoms. The third kappa shape index (κ3) is 2.44. The first-order chi connectivity index (χ1) is 6.79. The van der Waals surface area contributed by atoms with Crippen LogP contribution in [0, 0.1) is 0 Å². The first kappa shape index (κ1) is 10.5. The summed E-state index contributed by atoms with van der Waals surface area (Å²) in [7, 11) is 0. The second kappa shape index (κ2) is 5.19. The molecule has 1 N–H and O–H groups in total. The Morgan fingerprint density at radius 2 is 2.21 bits per heavy atom. The third-order valence-electron chi connectivity index (χ3n) is 1.69. The predicted molar refractivity (Wildman–Crippen MR) is 53.6 cm³/mol. The predicted octanol–water partition coefficient (Wildman–Crippen LogP) is 1.43. The maximum atomic E-state index is 11.3. The number of carbonyl (C=O) groups excluding carboxylic acids is 1. The van der Waals surface area contributed by atoms with Crippen LogP contribution < -0.4 is 4.74 Å². The fourth-order valence-electron chi connectivity index (χ4n) is 1.06. The lowest BCUT2D eigenvalue weighted by molar-refractivity contribution is 0.104. The van der Waals surface area contributed by atoms with Crippen LogP contribution in [0.1, 0.15) is 10.4 Å². The summed E-state index contributed by atoms with van der Waals surface area (Å²) in [5.74, 6) is 0.296. The maximum absolute atomic E-state index is 11.3. The molecule has 1 aromatic rings. The van der Waals surface area contributed by atoms with Crippen molar-refractivity contribution in [2.75, 3.05) is 13.2 Å². The van der Waals surface area contributed by atoms with Gasteiger partial charge in [-0.25, -0.2) is 0 Å². The molecule has 0 aliphatic carbocycles. The van der Waals surface area contributed by atoms with Crippen molar-refractivity contribution in [2.45, 2.75) is 0 Å². The van der Waals surface area contributed by atoms with E-state index in [1.54, 1.807) is 24.3 Å². The summed E-state index contributed by atoms with van der Waals surface area (Å²) in [6.45, 7) is 3.51. The van der Waals surface area contributed by atoms with Crippen molar-refractivity contribution in [3.05, 3.63) is 42.5 Å². The number of benzene rings is 1. The van der Waals surface area contributed by atoms with Crippen molar-refractivity contribution in [1.29, 1.82) is 0 Å². The van der Waals surface area contributed by atoms with E-state index in [-0.39, 0.29) is 19.0 Å². The molecule has 0 saturated heterocycles. The SMILES string of the molecule is C=CC(=O)c1ccccc1OCCO. The Morgan fingerprint density at radius 3 is 2.86 bits per heavy atom. The number of para-hydroxylation sites is 1. The Kier molecular flexibility index (Phi) is 3.88. The van der Waals surface area contributed by atoms with Gasteiger partial charge in [-0.05, 0) is 18.2 Å². The summed E-state index contributed by atoms with van der Waals surface area (Å²) < 4.78 is 5.19. The summed E-state index contributed by atoms with van der Waals surface area (Å²) in [6.07, 6.45) is 1.24. The van der Waals surface area contributed by atoms with E-state index in [1.165, 1.54) is 6.08 Å². The van der Waals surface area contributed by atoms with Gasteiger partial charge in [-0.15, -0.1) is 0 Å². The van der Waals surface area contributed by atoms with E-state index in [0.29, 0.717) is 11.3 Å². The van der Waals surface area contributed by atoms with E-state index in [9.17, 15) is 4.79 Å². The standard InChI is InChI=1S/C11H12O3/c1-2-10(13)9-5-3-4-6-11(9)14-8-7-12/h2-6,12H,1,7-8H2. The summed E-state index contributed by atoms with van der Waals surface area (Å²) in [5, 5.41) is 8.58. The number of ether oxygens (including phenoxy) is 1. The number of allylic oxidation sites excluding steroid dienone is 1. The summed E-state index contributed by atoms with van der Waals surface area (Å²) in [4.78, 5) is 11.3. The van der Waals surface area contributed by atoms with Gasteiger partial charge < -0.3 is 9.84 Å². The molecule has 0 unspecified atom stereocenters. The van der Waals surface area contributed by atoms with E-state index in [1.807, 2.05) is 0 Å². The molecule has 0 heterocycles. The van der Waals surface area contributed by atoms with E-state index < -0.39 is 0 Å². The van der Waals surface area contributed by atoms with E-state index >= 15 is 0 Å². The Balaban J connectivity index is 2.90. The molecule has 74 valence electrons. The van der Waals surface area contributed by atoms with Gasteiger partial charge in [-0.3, -0.25) is 4.79 Å². The minimum atomic E-state index is -0.182. The highest BCUT2D eigenvalue weighted by molar-refractivity contribution is 6.06. The quantitative estimate of drug-likeness (QED) is 0.567. The molecule has 0 aliphatic rings. The van der Waals surface area contributed by atoms with Crippen molar-refractivity contribution in [3.63, 3.8) is 0 Å². The first-order valence-electron chi connectivity index (χ1n) is 4.29. The largest absolute Gasteiger partial charge is 0.490 e. The van der Waals surface area contributed by atoms with Gasteiger partial charge in [0.2, 0.25) is 0 Å². The van der Waals surface area contributed by atoms with Crippen LogP contribution in [0.25, 0.3) is 0 Å². The van der Waals surface area contributed by atoms with E-state index in [2.05, 4.69) is 6.58 Å². The van der Waals surface area contributed by atoms with Crippen LogP contribution in [0.4, 0.5) is 0 Å². The molecule has 1 rings (SSSR count). The Labute approximate surface area is 82.6 Å². The number of carbonyl (C=O) groups is 1. The molecule has 0 bridgehead atoms. The molecule has 3 nitrogen and oxygen atoms in total. The fourth-order valence-corrected chi connectivity index (χ4v) is 1.06. The summed E-state index contributed by atoms with van der Waals surface area (Å²) in [5.41, 5.74) is 0.468. The lowest BCUT2D eigenvalue weighted by atomic mass is 10.1. The zero-order valence-corrected chi connectivity index (χ0v) is 7.77. The number of hydrogen-bond acceptors (Lipinski definition) is 3. The molecule has 3 heteroatoms. The number of aliphatic hydroxyl groups is 1. The number of ketones is 1. The van der Waals surface area contributed by atoms with Crippen molar-refractivity contribution in [2.24, 2.45) is 0 Å². The molecule has 0 radical (unpaired) electrons. The van der Waals surface area contributed by atoms with Crippen molar-refractivity contribution < 1.29 is 14.6 Å². The topological polar surface area (TPSA) is 46.5 Å². The maximum Gasteiger partial charge on any atom is 0.188 e. The van der Waals surface area contributed by atoms with E-state index in [0.717, 1.165) is 0 Å². The minimum Gasteiger partial charge on any atom is -0.490 e. The van der Waals surface area contributed by atoms with Gasteiger partial charge in [0.15, 0.2) is 5.78 Å². The van der Waals surface area contributed by atoms with Gasteiger partial charge in [0.1, 0.15) is 12.4 Å². The molecule has 14 heavy (non-hydrogen) atoms. The molecule has 0 aliphatic heterocycles. The molecule has 0 aromatic heterocycles. The third-order valence-corrected chi connectivity index (χ3v) is 1.69. The molecule has 0 amide bonds. The molecular formula is C11H12O3. The average Bonchev–Trinajstić information content (AvgIpc) is 2.25. The van der Waals surface area contributed by atoms with Crippen molar-refractivity contribution >= 4 is 5.78 Å². The van der Waals surface area contributed by atoms with Gasteiger partial charge in [-0.1, -0.05) is 18.7 Å². The zero-order chi connectivity index (χ0) is 10.4. The number of aliphatic hydroxyl groups excluding tert-OH is 1. The Bertz CT molecular complexity index is 331. The zero-order valence-electron chi connectivity index (χ0n) is 7.77.